The highest BCUT2D eigenvalue weighted by molar-refractivity contribution is 6.29. The van der Waals surface area contributed by atoms with E-state index in [1.165, 1.54) is 7.11 Å². The van der Waals surface area contributed by atoms with Crippen molar-refractivity contribution in [1.29, 1.82) is 0 Å². The van der Waals surface area contributed by atoms with Crippen LogP contribution in [0.2, 0.25) is 0 Å². The molecule has 0 aliphatic carbocycles. The maximum absolute atomic E-state index is 10.9. The molecule has 0 aliphatic heterocycles. The molecule has 0 unspecified atom stereocenters. The monoisotopic (exact) mass is 185 g/mol. The molecule has 0 spiro atoms. The van der Waals surface area contributed by atoms with Gasteiger partial charge in [0.05, 0.1) is 0 Å². The molecule has 8 nitrogen and oxygen atoms in total. The molecule has 0 radical (unpaired) electrons. The maximum Gasteiger partial charge on any atom is 0.362 e. The van der Waals surface area contributed by atoms with Crippen molar-refractivity contribution in [2.45, 2.75) is 0 Å². The van der Waals surface area contributed by atoms with Crippen molar-refractivity contribution >= 4 is 12.1 Å². The smallest absolute Gasteiger partial charge is 0.362 e. The third kappa shape index (κ3) is 2.43. The molecule has 0 atom stereocenters. The first-order valence-electron chi connectivity index (χ1n) is 3.23. The lowest BCUT2D eigenvalue weighted by atomic mass is 10.7. The molecule has 1 amide bonds. The third-order valence-corrected chi connectivity index (χ3v) is 1.06. The molecular formula is C5H7N5O3. The predicted molar refractivity (Wildman–Crippen MR) is 42.7 cm³/mol. The molecule has 2 N–H and O–H groups in total. The number of carbonyl (C=O) groups excluding carboxylic acids is 1. The predicted octanol–water partition coefficient (Wildman–Crippen LogP) is -1.73. The van der Waals surface area contributed by atoms with Crippen LogP contribution in [0, 0.1) is 0 Å². The van der Waals surface area contributed by atoms with E-state index in [9.17, 15) is 9.59 Å². The molecule has 8 heteroatoms. The van der Waals surface area contributed by atoms with Gasteiger partial charge in [0.1, 0.15) is 19.7 Å². The summed E-state index contributed by atoms with van der Waals surface area (Å²) in [6.45, 7) is 0. The van der Waals surface area contributed by atoms with E-state index in [0.29, 0.717) is 0 Å². The number of oxime groups is 1. The fourth-order valence-corrected chi connectivity index (χ4v) is 0.576. The Balaban J connectivity index is 2.60. The average molecular weight is 185 g/mol. The minimum absolute atomic E-state index is 0.542. The topological polar surface area (TPSA) is 101 Å². The van der Waals surface area contributed by atoms with Crippen LogP contribution < -0.4 is 11.1 Å². The van der Waals surface area contributed by atoms with Crippen molar-refractivity contribution in [1.82, 2.24) is 14.9 Å². The number of aromatic amines is 1. The van der Waals surface area contributed by atoms with Crippen molar-refractivity contribution < 1.29 is 9.63 Å². The molecule has 1 aromatic rings. The largest absolute Gasteiger partial charge is 0.399 e. The van der Waals surface area contributed by atoms with E-state index < -0.39 is 11.6 Å². The van der Waals surface area contributed by atoms with Crippen LogP contribution in [0.4, 0.5) is 0 Å². The number of H-pyrrole nitrogens is 1. The summed E-state index contributed by atoms with van der Waals surface area (Å²) in [5.41, 5.74) is 1.62. The van der Waals surface area contributed by atoms with Crippen LogP contribution in [0.15, 0.2) is 16.3 Å². The van der Waals surface area contributed by atoms with Gasteiger partial charge in [-0.2, -0.15) is 9.77 Å². The van der Waals surface area contributed by atoms with Crippen molar-refractivity contribution in [2.75, 3.05) is 12.5 Å². The number of nitrogens with one attached hydrogen (secondary N) is 2. The highest BCUT2D eigenvalue weighted by Gasteiger charge is 1.99. The third-order valence-electron chi connectivity index (χ3n) is 1.06. The average Bonchev–Trinajstić information content (AvgIpc) is 2.48. The fourth-order valence-electron chi connectivity index (χ4n) is 0.576. The van der Waals surface area contributed by atoms with Gasteiger partial charge in [-0.05, 0) is 0 Å². The number of aromatic nitrogens is 3. The SMILES string of the molecule is CO/N=C/C(=O)Nn1cn[nH]c1=O. The van der Waals surface area contributed by atoms with E-state index >= 15 is 0 Å². The Bertz CT molecular complexity index is 364. The summed E-state index contributed by atoms with van der Waals surface area (Å²) in [4.78, 5) is 25.9. The Labute approximate surface area is 72.2 Å². The second-order valence-electron chi connectivity index (χ2n) is 1.92. The van der Waals surface area contributed by atoms with Gasteiger partial charge in [0.2, 0.25) is 0 Å². The molecule has 0 saturated heterocycles. The fraction of sp³-hybridized carbons (Fsp3) is 0.200. The Morgan fingerprint density at radius 2 is 2.69 bits per heavy atom. The molecule has 1 rings (SSSR count). The molecule has 13 heavy (non-hydrogen) atoms. The zero-order chi connectivity index (χ0) is 9.68. The maximum atomic E-state index is 10.9. The van der Waals surface area contributed by atoms with Gasteiger partial charge < -0.3 is 4.84 Å². The van der Waals surface area contributed by atoms with Crippen LogP contribution >= 0.6 is 0 Å². The van der Waals surface area contributed by atoms with Crippen LogP contribution in [-0.2, 0) is 9.63 Å². The molecule has 70 valence electrons. The number of nitrogens with zero attached hydrogens (tertiary/aromatic N) is 3. The minimum atomic E-state index is -0.592. The van der Waals surface area contributed by atoms with Crippen LogP contribution in [0.5, 0.6) is 0 Å². The summed E-state index contributed by atoms with van der Waals surface area (Å²) in [7, 11) is 1.30. The Morgan fingerprint density at radius 1 is 1.92 bits per heavy atom. The van der Waals surface area contributed by atoms with Gasteiger partial charge in [-0.1, -0.05) is 5.16 Å². The highest BCUT2D eigenvalue weighted by Crippen LogP contribution is 1.70. The van der Waals surface area contributed by atoms with Crippen LogP contribution in [0.25, 0.3) is 0 Å². The van der Waals surface area contributed by atoms with Crippen molar-refractivity contribution in [3.63, 3.8) is 0 Å². The summed E-state index contributed by atoms with van der Waals surface area (Å²) in [5.74, 6) is -0.592. The second-order valence-corrected chi connectivity index (χ2v) is 1.92. The lowest BCUT2D eigenvalue weighted by Gasteiger charge is -1.97. The summed E-state index contributed by atoms with van der Waals surface area (Å²) < 4.78 is 0.879. The molecule has 1 heterocycles. The van der Waals surface area contributed by atoms with Crippen LogP contribution in [0.1, 0.15) is 0 Å². The molecule has 0 saturated carbocycles. The van der Waals surface area contributed by atoms with Gasteiger partial charge in [-0.15, -0.1) is 0 Å². The normalized spacial score (nSPS) is 10.2. The molecule has 0 aliphatic rings. The quantitative estimate of drug-likeness (QED) is 0.431. The summed E-state index contributed by atoms with van der Waals surface area (Å²) in [6, 6.07) is 0. The standard InChI is InChI=1S/C5H7N5O3/c1-13-7-2-4(11)9-10-3-6-8-5(10)12/h2-3H,1H3,(H,8,12)(H,9,11)/b7-2+. The molecular weight excluding hydrogens is 178 g/mol. The summed E-state index contributed by atoms with van der Waals surface area (Å²) in [5, 5.41) is 8.69. The van der Waals surface area contributed by atoms with E-state index in [1.54, 1.807) is 0 Å². The molecule has 0 bridgehead atoms. The van der Waals surface area contributed by atoms with Crippen molar-refractivity contribution in [3.8, 4) is 0 Å². The summed E-state index contributed by atoms with van der Waals surface area (Å²) in [6.07, 6.45) is 2.01. The first-order chi connectivity index (χ1) is 6.24. The number of hydrogen-bond donors (Lipinski definition) is 2. The van der Waals surface area contributed by atoms with Gasteiger partial charge in [0.25, 0.3) is 5.91 Å². The van der Waals surface area contributed by atoms with E-state index in [0.717, 1.165) is 17.2 Å². The molecule has 0 fully saturated rings. The lowest BCUT2D eigenvalue weighted by molar-refractivity contribution is -0.110. The molecule has 1 aromatic heterocycles. The number of carbonyl (C=O) groups is 1. The number of rotatable bonds is 3. The van der Waals surface area contributed by atoms with E-state index in [1.807, 2.05) is 0 Å². The Kier molecular flexibility index (Phi) is 2.79. The number of amides is 1. The van der Waals surface area contributed by atoms with Gasteiger partial charge in [-0.25, -0.2) is 9.89 Å². The van der Waals surface area contributed by atoms with Gasteiger partial charge >= 0.3 is 5.69 Å². The molecule has 0 aromatic carbocycles. The van der Waals surface area contributed by atoms with Gasteiger partial charge in [0.15, 0.2) is 0 Å². The Hall–Kier alpha value is -2.12. The van der Waals surface area contributed by atoms with Crippen molar-refractivity contribution in [3.05, 3.63) is 16.8 Å². The van der Waals surface area contributed by atoms with Gasteiger partial charge in [0, 0.05) is 0 Å². The Morgan fingerprint density at radius 3 is 3.23 bits per heavy atom. The number of hydrogen-bond acceptors (Lipinski definition) is 5. The first kappa shape index (κ1) is 8.97. The minimum Gasteiger partial charge on any atom is -0.399 e. The lowest BCUT2D eigenvalue weighted by Crippen LogP contribution is -2.31. The first-order valence-corrected chi connectivity index (χ1v) is 3.23. The van der Waals surface area contributed by atoms with Crippen LogP contribution in [0.3, 0.4) is 0 Å². The zero-order valence-electron chi connectivity index (χ0n) is 6.72. The summed E-state index contributed by atoms with van der Waals surface area (Å²) >= 11 is 0. The van der Waals surface area contributed by atoms with Gasteiger partial charge in [-0.3, -0.25) is 10.2 Å². The van der Waals surface area contributed by atoms with Crippen LogP contribution in [-0.4, -0.2) is 34.1 Å². The second kappa shape index (κ2) is 4.04. The van der Waals surface area contributed by atoms with E-state index in [2.05, 4.69) is 25.6 Å². The zero-order valence-corrected chi connectivity index (χ0v) is 6.72. The highest BCUT2D eigenvalue weighted by atomic mass is 16.6. The van der Waals surface area contributed by atoms with Crippen molar-refractivity contribution in [2.24, 2.45) is 5.16 Å². The van der Waals surface area contributed by atoms with E-state index in [-0.39, 0.29) is 0 Å². The van der Waals surface area contributed by atoms with E-state index in [4.69, 9.17) is 0 Å².